The molecule has 1 N–H and O–H groups in total. The van der Waals surface area contributed by atoms with Crippen molar-refractivity contribution in [3.8, 4) is 6.07 Å². The number of Topliss-reactive ketones (excluding diaryl/α,β-unsaturated/α-hetero) is 1. The number of ketones is 1. The number of halogens is 1. The van der Waals surface area contributed by atoms with Gasteiger partial charge in [-0.2, -0.15) is 5.26 Å². The summed E-state index contributed by atoms with van der Waals surface area (Å²) < 4.78 is 13.1. The van der Waals surface area contributed by atoms with Gasteiger partial charge in [0.25, 0.3) is 0 Å². The summed E-state index contributed by atoms with van der Waals surface area (Å²) in [6.45, 7) is 1.29. The second-order valence-corrected chi connectivity index (χ2v) is 3.23. The van der Waals surface area contributed by atoms with Gasteiger partial charge in [-0.1, -0.05) is 0 Å². The molecule has 0 unspecified atom stereocenters. The molecule has 0 aromatic heterocycles. The number of carbonyl (C=O) groups is 2. The molecule has 0 aliphatic heterocycles. The van der Waals surface area contributed by atoms with Crippen LogP contribution in [0.2, 0.25) is 0 Å². The molecule has 5 heteroatoms. The van der Waals surface area contributed by atoms with Gasteiger partial charge in [-0.05, 0) is 25.1 Å². The first-order valence-electron chi connectivity index (χ1n) is 4.52. The normalized spacial score (nSPS) is 9.31. The number of nitrogens with one attached hydrogen (secondary N) is 1. The number of benzene rings is 1. The molecule has 1 aromatic rings. The van der Waals surface area contributed by atoms with E-state index in [0.717, 1.165) is 6.07 Å². The van der Waals surface area contributed by atoms with E-state index in [9.17, 15) is 14.0 Å². The Morgan fingerprint density at radius 3 is 2.69 bits per heavy atom. The summed E-state index contributed by atoms with van der Waals surface area (Å²) in [5.74, 6) is -1.48. The first-order valence-corrected chi connectivity index (χ1v) is 4.52. The van der Waals surface area contributed by atoms with Gasteiger partial charge in [0.2, 0.25) is 5.91 Å². The number of carbonyl (C=O) groups excluding carboxylic acids is 2. The van der Waals surface area contributed by atoms with Gasteiger partial charge in [-0.25, -0.2) is 4.39 Å². The maximum atomic E-state index is 13.1. The zero-order valence-corrected chi connectivity index (χ0v) is 8.58. The Morgan fingerprint density at radius 2 is 2.19 bits per heavy atom. The van der Waals surface area contributed by atoms with Gasteiger partial charge in [-0.15, -0.1) is 0 Å². The minimum absolute atomic E-state index is 0.0930. The summed E-state index contributed by atoms with van der Waals surface area (Å²) >= 11 is 0. The Bertz CT molecular complexity index is 477. The smallest absolute Gasteiger partial charge is 0.231 e. The molecule has 0 radical (unpaired) electrons. The summed E-state index contributed by atoms with van der Waals surface area (Å²) in [6.07, 6.45) is -0.248. The van der Waals surface area contributed by atoms with Crippen molar-refractivity contribution in [3.05, 3.63) is 29.6 Å². The molecule has 0 bridgehead atoms. The first kappa shape index (κ1) is 11.9. The lowest BCUT2D eigenvalue weighted by atomic mass is 10.2. The van der Waals surface area contributed by atoms with E-state index in [1.807, 2.05) is 0 Å². The number of nitrogens with zero attached hydrogens (tertiary/aromatic N) is 1. The highest BCUT2D eigenvalue weighted by Crippen LogP contribution is 2.13. The predicted octanol–water partition coefficient (Wildman–Crippen LogP) is 1.61. The van der Waals surface area contributed by atoms with Crippen LogP contribution in [0.25, 0.3) is 0 Å². The zero-order chi connectivity index (χ0) is 12.1. The highest BCUT2D eigenvalue weighted by atomic mass is 19.1. The maximum Gasteiger partial charge on any atom is 0.231 e. The lowest BCUT2D eigenvalue weighted by Crippen LogP contribution is -2.14. The largest absolute Gasteiger partial charge is 0.326 e. The fraction of sp³-hybridized carbons (Fsp3) is 0.182. The van der Waals surface area contributed by atoms with Crippen LogP contribution in [0.15, 0.2) is 18.2 Å². The summed E-state index contributed by atoms with van der Waals surface area (Å²) in [4.78, 5) is 21.8. The van der Waals surface area contributed by atoms with Crippen molar-refractivity contribution in [2.24, 2.45) is 0 Å². The van der Waals surface area contributed by atoms with Crippen LogP contribution < -0.4 is 5.32 Å². The average molecular weight is 220 g/mol. The first-order chi connectivity index (χ1) is 7.52. The fourth-order valence-electron chi connectivity index (χ4n) is 1.11. The summed E-state index contributed by atoms with van der Waals surface area (Å²) in [5.41, 5.74) is 0.132. The number of nitriles is 1. The van der Waals surface area contributed by atoms with Crippen molar-refractivity contribution >= 4 is 17.4 Å². The van der Waals surface area contributed by atoms with Crippen molar-refractivity contribution in [1.29, 1.82) is 5.26 Å². The van der Waals surface area contributed by atoms with Crippen molar-refractivity contribution in [2.75, 3.05) is 5.32 Å². The molecule has 1 rings (SSSR count). The fourth-order valence-corrected chi connectivity index (χ4v) is 1.11. The van der Waals surface area contributed by atoms with Gasteiger partial charge in [0.1, 0.15) is 17.7 Å². The zero-order valence-electron chi connectivity index (χ0n) is 8.58. The lowest BCUT2D eigenvalue weighted by molar-refractivity contribution is -0.124. The van der Waals surface area contributed by atoms with Crippen molar-refractivity contribution in [2.45, 2.75) is 13.3 Å². The third-order valence-corrected chi connectivity index (χ3v) is 1.78. The maximum absolute atomic E-state index is 13.1. The van der Waals surface area contributed by atoms with E-state index in [0.29, 0.717) is 0 Å². The highest BCUT2D eigenvalue weighted by Gasteiger charge is 2.07. The van der Waals surface area contributed by atoms with Crippen LogP contribution in [-0.2, 0) is 9.59 Å². The van der Waals surface area contributed by atoms with Crippen LogP contribution in [0.5, 0.6) is 0 Å². The highest BCUT2D eigenvalue weighted by molar-refractivity contribution is 6.03. The predicted molar refractivity (Wildman–Crippen MR) is 55.0 cm³/mol. The molecule has 4 nitrogen and oxygen atoms in total. The molecule has 0 saturated carbocycles. The Kier molecular flexibility index (Phi) is 3.72. The van der Waals surface area contributed by atoms with Crippen LogP contribution in [0, 0.1) is 17.1 Å². The number of hydrogen-bond acceptors (Lipinski definition) is 3. The molecular formula is C11H9FN2O2. The molecule has 0 aliphatic carbocycles. The third kappa shape index (κ3) is 3.17. The molecule has 1 aromatic carbocycles. The second-order valence-electron chi connectivity index (χ2n) is 3.23. The molecule has 0 fully saturated rings. The summed E-state index contributed by atoms with van der Waals surface area (Å²) in [5, 5.41) is 10.8. The molecule has 0 atom stereocenters. The van der Waals surface area contributed by atoms with E-state index >= 15 is 0 Å². The Balaban J connectivity index is 2.76. The van der Waals surface area contributed by atoms with E-state index < -0.39 is 11.7 Å². The van der Waals surface area contributed by atoms with E-state index in [4.69, 9.17) is 5.26 Å². The van der Waals surface area contributed by atoms with Crippen molar-refractivity contribution in [3.63, 3.8) is 0 Å². The SMILES string of the molecule is CC(=O)CC(=O)Nc1ccc(C#N)c(F)c1. The second kappa shape index (κ2) is 5.03. The topological polar surface area (TPSA) is 70.0 Å². The number of hydrogen-bond donors (Lipinski definition) is 1. The van der Waals surface area contributed by atoms with Crippen molar-refractivity contribution < 1.29 is 14.0 Å². The Morgan fingerprint density at radius 1 is 1.50 bits per heavy atom. The molecule has 1 amide bonds. The molecule has 0 heterocycles. The van der Waals surface area contributed by atoms with Gasteiger partial charge in [0.05, 0.1) is 12.0 Å². The van der Waals surface area contributed by atoms with Crippen LogP contribution in [0.1, 0.15) is 18.9 Å². The van der Waals surface area contributed by atoms with Crippen LogP contribution >= 0.6 is 0 Å². The standard InChI is InChI=1S/C11H9FN2O2/c1-7(15)4-11(16)14-9-3-2-8(6-13)10(12)5-9/h2-3,5H,4H2,1H3,(H,14,16). The third-order valence-electron chi connectivity index (χ3n) is 1.78. The quantitative estimate of drug-likeness (QED) is 0.787. The van der Waals surface area contributed by atoms with E-state index in [2.05, 4.69) is 5.32 Å². The molecule has 16 heavy (non-hydrogen) atoms. The molecule has 0 aliphatic rings. The van der Waals surface area contributed by atoms with Gasteiger partial charge < -0.3 is 5.32 Å². The van der Waals surface area contributed by atoms with Crippen LogP contribution in [0.4, 0.5) is 10.1 Å². The molecule has 82 valence electrons. The van der Waals surface area contributed by atoms with Gasteiger partial charge in [0.15, 0.2) is 0 Å². The number of anilines is 1. The summed E-state index contributed by atoms with van der Waals surface area (Å²) in [6, 6.07) is 5.37. The molecule has 0 saturated heterocycles. The molecular weight excluding hydrogens is 211 g/mol. The lowest BCUT2D eigenvalue weighted by Gasteiger charge is -2.04. The van der Waals surface area contributed by atoms with Crippen LogP contribution in [0.3, 0.4) is 0 Å². The average Bonchev–Trinajstić information content (AvgIpc) is 2.16. The van der Waals surface area contributed by atoms with E-state index in [1.54, 1.807) is 6.07 Å². The van der Waals surface area contributed by atoms with Gasteiger partial charge in [-0.3, -0.25) is 9.59 Å². The number of rotatable bonds is 3. The van der Waals surface area contributed by atoms with E-state index in [1.165, 1.54) is 19.1 Å². The molecule has 0 spiro atoms. The minimum atomic E-state index is -0.705. The minimum Gasteiger partial charge on any atom is -0.326 e. The Hall–Kier alpha value is -2.22. The van der Waals surface area contributed by atoms with Gasteiger partial charge in [0, 0.05) is 5.69 Å². The van der Waals surface area contributed by atoms with Crippen molar-refractivity contribution in [1.82, 2.24) is 0 Å². The Labute approximate surface area is 91.7 Å². The summed E-state index contributed by atoms with van der Waals surface area (Å²) in [7, 11) is 0. The monoisotopic (exact) mass is 220 g/mol. The van der Waals surface area contributed by atoms with Crippen LogP contribution in [-0.4, -0.2) is 11.7 Å². The number of amides is 1. The van der Waals surface area contributed by atoms with Gasteiger partial charge >= 0.3 is 0 Å². The van der Waals surface area contributed by atoms with E-state index in [-0.39, 0.29) is 23.5 Å².